The smallest absolute Gasteiger partial charge is 0.343 e. The summed E-state index contributed by atoms with van der Waals surface area (Å²) in [4.78, 5) is 16.7. The maximum atomic E-state index is 13.2. The standard InChI is InChI=1S/C28H29ClFNO3/c1-2-3-4-5-6-7-18-33-24-15-10-22(11-16-24)28(32)34-25-13-8-21(9-14-25)20-31-23-12-17-27(30)26(29)19-23/h8-17,19-20H,2-7,18H2,1H3. The highest BCUT2D eigenvalue weighted by Crippen LogP contribution is 2.22. The summed E-state index contributed by atoms with van der Waals surface area (Å²) in [5.74, 6) is 0.249. The van der Waals surface area contributed by atoms with E-state index in [-0.39, 0.29) is 5.02 Å². The lowest BCUT2D eigenvalue weighted by atomic mass is 10.1. The van der Waals surface area contributed by atoms with Crippen LogP contribution in [-0.4, -0.2) is 18.8 Å². The van der Waals surface area contributed by atoms with Crippen molar-refractivity contribution in [1.29, 1.82) is 0 Å². The molecule has 0 N–H and O–H groups in total. The zero-order valence-corrected chi connectivity index (χ0v) is 20.1. The molecule has 0 amide bonds. The Morgan fingerprint density at radius 2 is 1.59 bits per heavy atom. The molecule has 0 fully saturated rings. The van der Waals surface area contributed by atoms with E-state index in [2.05, 4.69) is 11.9 Å². The van der Waals surface area contributed by atoms with Crippen LogP contribution in [0.2, 0.25) is 5.02 Å². The Hall–Kier alpha value is -3.18. The number of hydrogen-bond donors (Lipinski definition) is 0. The Balaban J connectivity index is 1.45. The number of carbonyl (C=O) groups excluding carboxylic acids is 1. The fraction of sp³-hybridized carbons (Fsp3) is 0.286. The molecule has 0 unspecified atom stereocenters. The van der Waals surface area contributed by atoms with Gasteiger partial charge in [0.2, 0.25) is 0 Å². The van der Waals surface area contributed by atoms with E-state index in [0.717, 1.165) is 17.7 Å². The van der Waals surface area contributed by atoms with E-state index in [1.165, 1.54) is 44.2 Å². The largest absolute Gasteiger partial charge is 0.494 e. The minimum atomic E-state index is -0.484. The highest BCUT2D eigenvalue weighted by molar-refractivity contribution is 6.31. The molecule has 0 spiro atoms. The molecule has 3 aromatic rings. The molecule has 0 bridgehead atoms. The Bertz CT molecular complexity index is 1080. The van der Waals surface area contributed by atoms with E-state index in [9.17, 15) is 9.18 Å². The molecule has 178 valence electrons. The third-order valence-electron chi connectivity index (χ3n) is 5.21. The molecule has 0 aliphatic heterocycles. The van der Waals surface area contributed by atoms with Crippen LogP contribution in [0.5, 0.6) is 11.5 Å². The van der Waals surface area contributed by atoms with Gasteiger partial charge in [-0.05, 0) is 78.7 Å². The highest BCUT2D eigenvalue weighted by atomic mass is 35.5. The average molecular weight is 482 g/mol. The predicted molar refractivity (Wildman–Crippen MR) is 135 cm³/mol. The summed E-state index contributed by atoms with van der Waals surface area (Å²) >= 11 is 5.77. The second-order valence-corrected chi connectivity index (χ2v) is 8.36. The van der Waals surface area contributed by atoms with Crippen LogP contribution in [0.1, 0.15) is 61.4 Å². The molecule has 0 aliphatic rings. The van der Waals surface area contributed by atoms with Crippen molar-refractivity contribution in [3.63, 3.8) is 0 Å². The van der Waals surface area contributed by atoms with Gasteiger partial charge in [0.15, 0.2) is 0 Å². The second kappa shape index (κ2) is 13.5. The molecular formula is C28H29ClFNO3. The lowest BCUT2D eigenvalue weighted by Gasteiger charge is -2.08. The Labute approximate surface area is 205 Å². The van der Waals surface area contributed by atoms with Gasteiger partial charge >= 0.3 is 5.97 Å². The van der Waals surface area contributed by atoms with Crippen molar-refractivity contribution < 1.29 is 18.7 Å². The van der Waals surface area contributed by atoms with E-state index >= 15 is 0 Å². The van der Waals surface area contributed by atoms with E-state index in [0.29, 0.717) is 23.6 Å². The lowest BCUT2D eigenvalue weighted by molar-refractivity contribution is 0.0734. The minimum Gasteiger partial charge on any atom is -0.494 e. The number of hydrogen-bond acceptors (Lipinski definition) is 4. The molecule has 0 saturated heterocycles. The van der Waals surface area contributed by atoms with Crippen LogP contribution in [0.4, 0.5) is 10.1 Å². The van der Waals surface area contributed by atoms with Crippen molar-refractivity contribution in [3.05, 3.63) is 88.7 Å². The maximum absolute atomic E-state index is 13.2. The van der Waals surface area contributed by atoms with Crippen molar-refractivity contribution in [3.8, 4) is 11.5 Å². The number of halogens is 2. The van der Waals surface area contributed by atoms with Gasteiger partial charge in [-0.1, -0.05) is 50.6 Å². The van der Waals surface area contributed by atoms with E-state index in [1.807, 2.05) is 0 Å². The molecule has 0 saturated carbocycles. The van der Waals surface area contributed by atoms with Gasteiger partial charge in [-0.25, -0.2) is 9.18 Å². The number of aliphatic imine (C=N–C) groups is 1. The number of ether oxygens (including phenoxy) is 2. The predicted octanol–water partition coefficient (Wildman–Crippen LogP) is 8.19. The summed E-state index contributed by atoms with van der Waals surface area (Å²) in [5.41, 5.74) is 1.79. The molecule has 0 atom stereocenters. The molecule has 34 heavy (non-hydrogen) atoms. The van der Waals surface area contributed by atoms with Crippen LogP contribution in [0.3, 0.4) is 0 Å². The van der Waals surface area contributed by atoms with Crippen LogP contribution in [0.15, 0.2) is 71.7 Å². The van der Waals surface area contributed by atoms with Crippen LogP contribution >= 0.6 is 11.6 Å². The van der Waals surface area contributed by atoms with Crippen molar-refractivity contribution in [1.82, 2.24) is 0 Å². The van der Waals surface area contributed by atoms with Gasteiger partial charge in [0.25, 0.3) is 0 Å². The summed E-state index contributed by atoms with van der Waals surface area (Å²) in [6.07, 6.45) is 8.92. The van der Waals surface area contributed by atoms with Gasteiger partial charge < -0.3 is 9.47 Å². The third kappa shape index (κ3) is 8.31. The lowest BCUT2D eigenvalue weighted by Crippen LogP contribution is -2.08. The fourth-order valence-electron chi connectivity index (χ4n) is 3.26. The first kappa shape index (κ1) is 25.4. The summed E-state index contributed by atoms with van der Waals surface area (Å²) in [7, 11) is 0. The summed E-state index contributed by atoms with van der Waals surface area (Å²) in [6, 6.07) is 18.2. The average Bonchev–Trinajstić information content (AvgIpc) is 2.85. The van der Waals surface area contributed by atoms with Crippen LogP contribution in [0.25, 0.3) is 0 Å². The van der Waals surface area contributed by atoms with Gasteiger partial charge in [-0.2, -0.15) is 0 Å². The monoisotopic (exact) mass is 481 g/mol. The van der Waals surface area contributed by atoms with Crippen LogP contribution < -0.4 is 9.47 Å². The molecule has 0 heterocycles. The van der Waals surface area contributed by atoms with Gasteiger partial charge in [0.1, 0.15) is 17.3 Å². The number of unbranched alkanes of at least 4 members (excludes halogenated alkanes) is 5. The molecule has 0 aliphatic carbocycles. The summed E-state index contributed by atoms with van der Waals surface area (Å²) < 4.78 is 24.4. The third-order valence-corrected chi connectivity index (χ3v) is 5.50. The first-order chi connectivity index (χ1) is 16.5. The maximum Gasteiger partial charge on any atom is 0.343 e. The van der Waals surface area contributed by atoms with Crippen molar-refractivity contribution in [2.75, 3.05) is 6.61 Å². The number of rotatable bonds is 12. The van der Waals surface area contributed by atoms with E-state index in [4.69, 9.17) is 21.1 Å². The first-order valence-electron chi connectivity index (χ1n) is 11.6. The molecular weight excluding hydrogens is 453 g/mol. The highest BCUT2D eigenvalue weighted by Gasteiger charge is 2.09. The zero-order chi connectivity index (χ0) is 24.2. The Morgan fingerprint density at radius 3 is 2.29 bits per heavy atom. The second-order valence-electron chi connectivity index (χ2n) is 7.96. The van der Waals surface area contributed by atoms with Crippen molar-refractivity contribution in [2.24, 2.45) is 4.99 Å². The normalized spacial score (nSPS) is 11.0. The van der Waals surface area contributed by atoms with Crippen molar-refractivity contribution in [2.45, 2.75) is 45.4 Å². The number of carbonyl (C=O) groups is 1. The summed E-state index contributed by atoms with van der Waals surface area (Å²) in [5, 5.41) is 0.0225. The SMILES string of the molecule is CCCCCCCCOc1ccc(C(=O)Oc2ccc(C=Nc3ccc(F)c(Cl)c3)cc2)cc1. The zero-order valence-electron chi connectivity index (χ0n) is 19.3. The quantitative estimate of drug-likeness (QED) is 0.113. The number of esters is 1. The molecule has 4 nitrogen and oxygen atoms in total. The fourth-order valence-corrected chi connectivity index (χ4v) is 3.44. The van der Waals surface area contributed by atoms with Crippen LogP contribution in [0, 0.1) is 5.82 Å². The molecule has 0 aromatic heterocycles. The van der Waals surface area contributed by atoms with Gasteiger partial charge in [0, 0.05) is 6.21 Å². The Morgan fingerprint density at radius 1 is 0.912 bits per heavy atom. The van der Waals surface area contributed by atoms with E-state index in [1.54, 1.807) is 60.8 Å². The van der Waals surface area contributed by atoms with E-state index < -0.39 is 11.8 Å². The topological polar surface area (TPSA) is 47.9 Å². The van der Waals surface area contributed by atoms with Gasteiger partial charge in [-0.15, -0.1) is 0 Å². The minimum absolute atomic E-state index is 0.0225. The van der Waals surface area contributed by atoms with Crippen LogP contribution in [-0.2, 0) is 0 Å². The first-order valence-corrected chi connectivity index (χ1v) is 12.0. The molecule has 0 radical (unpaired) electrons. The molecule has 3 aromatic carbocycles. The van der Waals surface area contributed by atoms with Crippen molar-refractivity contribution >= 4 is 29.5 Å². The molecule has 6 heteroatoms. The Kier molecular flexibility index (Phi) is 10.1. The van der Waals surface area contributed by atoms with Gasteiger partial charge in [0.05, 0.1) is 22.9 Å². The van der Waals surface area contributed by atoms with Gasteiger partial charge in [-0.3, -0.25) is 4.99 Å². The summed E-state index contributed by atoms with van der Waals surface area (Å²) in [6.45, 7) is 2.89. The molecule has 3 rings (SSSR count). The number of benzene rings is 3. The number of nitrogens with zero attached hydrogens (tertiary/aromatic N) is 1.